The number of pyridine rings is 1. The van der Waals surface area contributed by atoms with E-state index in [1.54, 1.807) is 0 Å². The monoisotopic (exact) mass is 685 g/mol. The molecule has 0 unspecified atom stereocenters. The van der Waals surface area contributed by atoms with Gasteiger partial charge in [0.15, 0.2) is 5.65 Å². The molecule has 0 aliphatic heterocycles. The number of hydrogen-bond acceptors (Lipinski definition) is 7. The van der Waals surface area contributed by atoms with E-state index in [1.807, 2.05) is 42.0 Å². The van der Waals surface area contributed by atoms with Gasteiger partial charge < -0.3 is 19.1 Å². The molecule has 0 N–H and O–H groups in total. The first-order valence-corrected chi connectivity index (χ1v) is 25.0. The summed E-state index contributed by atoms with van der Waals surface area (Å²) in [4.78, 5) is 12.2. The summed E-state index contributed by atoms with van der Waals surface area (Å²) in [5.74, 6) is 1.43. The fraction of sp³-hybridized carbons (Fsp3) is 0.500. The molecule has 0 radical (unpaired) electrons. The summed E-state index contributed by atoms with van der Waals surface area (Å²) in [5.41, 5.74) is 6.27. The van der Waals surface area contributed by atoms with Crippen LogP contribution < -0.4 is 9.64 Å². The topological polar surface area (TPSA) is 74.0 Å². The van der Waals surface area contributed by atoms with Crippen LogP contribution in [0.4, 0.5) is 5.82 Å². The largest absolute Gasteiger partial charge is 0.474 e. The van der Waals surface area contributed by atoms with Crippen LogP contribution in [0.3, 0.4) is 0 Å². The highest BCUT2D eigenvalue weighted by molar-refractivity contribution is 6.76. The molecular weight excluding hydrogens is 631 g/mol. The first-order chi connectivity index (χ1) is 22.9. The molecule has 0 atom stereocenters. The SMILES string of the molecule is C=C(C)c1c(OC2CCCCC2)nc2c(-c3ccc(-c4ccccc4)nc3)cnn2c1N(COCC[Si](C)(C)C)COCC[Si](C)(C)C. The van der Waals surface area contributed by atoms with Crippen LogP contribution in [0.15, 0.2) is 61.4 Å². The molecule has 1 aromatic carbocycles. The standard InChI is InChI=1S/C38H55N5O3Si2/c1-29(2)35-37(46-32-17-13-10-14-18-32)41-36-33(31-19-20-34(39-25-31)30-15-11-9-12-16-30)26-40-43(36)38(35)42(27-44-21-23-47(3,4)5)28-45-22-24-48(6,7)8/h9,11-12,15-16,19-20,25-26,32H,1,10,13-14,17-18,21-24,27-28H2,2-8H3. The Bertz CT molecular complexity index is 1620. The molecule has 0 spiro atoms. The second kappa shape index (κ2) is 15.9. The number of allylic oxidation sites excluding steroid dienone is 1. The van der Waals surface area contributed by atoms with Crippen LogP contribution in [-0.4, -0.2) is 68.5 Å². The second-order valence-corrected chi connectivity index (χ2v) is 26.8. The van der Waals surface area contributed by atoms with Crippen molar-refractivity contribution in [2.24, 2.45) is 0 Å². The van der Waals surface area contributed by atoms with Crippen molar-refractivity contribution in [1.82, 2.24) is 19.6 Å². The Kier molecular flexibility index (Phi) is 11.9. The smallest absolute Gasteiger partial charge is 0.227 e. The van der Waals surface area contributed by atoms with E-state index < -0.39 is 16.1 Å². The number of fused-ring (bicyclic) bond motifs is 1. The first kappa shape index (κ1) is 36.0. The molecule has 1 saturated carbocycles. The van der Waals surface area contributed by atoms with Crippen LogP contribution in [0.1, 0.15) is 44.6 Å². The number of hydrogen-bond donors (Lipinski definition) is 0. The Morgan fingerprint density at radius 3 is 2.06 bits per heavy atom. The highest BCUT2D eigenvalue weighted by Crippen LogP contribution is 2.38. The van der Waals surface area contributed by atoms with Crippen molar-refractivity contribution < 1.29 is 14.2 Å². The van der Waals surface area contributed by atoms with E-state index >= 15 is 0 Å². The van der Waals surface area contributed by atoms with E-state index in [4.69, 9.17) is 29.3 Å². The first-order valence-electron chi connectivity index (χ1n) is 17.6. The predicted octanol–water partition coefficient (Wildman–Crippen LogP) is 9.63. The Balaban J connectivity index is 1.59. The van der Waals surface area contributed by atoms with E-state index in [1.165, 1.54) is 19.3 Å². The molecule has 1 aliphatic carbocycles. The number of rotatable bonds is 16. The number of benzene rings is 1. The minimum atomic E-state index is -1.27. The maximum Gasteiger partial charge on any atom is 0.227 e. The van der Waals surface area contributed by atoms with Crippen LogP contribution in [-0.2, 0) is 9.47 Å². The highest BCUT2D eigenvalue weighted by atomic mass is 28.3. The molecule has 0 saturated heterocycles. The van der Waals surface area contributed by atoms with Crippen LogP contribution in [0.25, 0.3) is 33.6 Å². The lowest BCUT2D eigenvalue weighted by molar-refractivity contribution is 0.0939. The van der Waals surface area contributed by atoms with E-state index in [-0.39, 0.29) is 6.10 Å². The lowest BCUT2D eigenvalue weighted by atomic mass is 9.98. The summed E-state index contributed by atoms with van der Waals surface area (Å²) in [6, 6.07) is 16.6. The second-order valence-electron chi connectivity index (χ2n) is 15.6. The van der Waals surface area contributed by atoms with Gasteiger partial charge in [0.2, 0.25) is 5.88 Å². The van der Waals surface area contributed by atoms with Gasteiger partial charge in [-0.15, -0.1) is 0 Å². The van der Waals surface area contributed by atoms with Crippen molar-refractivity contribution in [3.05, 3.63) is 67.0 Å². The van der Waals surface area contributed by atoms with Gasteiger partial charge in [0.1, 0.15) is 25.4 Å². The van der Waals surface area contributed by atoms with Crippen molar-refractivity contribution in [2.45, 2.75) is 96.5 Å². The lowest BCUT2D eigenvalue weighted by Crippen LogP contribution is -2.34. The summed E-state index contributed by atoms with van der Waals surface area (Å²) in [6.45, 7) is 22.8. The molecule has 10 heteroatoms. The molecule has 1 aliphatic rings. The molecule has 0 bridgehead atoms. The zero-order chi connectivity index (χ0) is 34.3. The van der Waals surface area contributed by atoms with Crippen molar-refractivity contribution in [3.63, 3.8) is 0 Å². The number of anilines is 1. The average molecular weight is 686 g/mol. The highest BCUT2D eigenvalue weighted by Gasteiger charge is 2.28. The Labute approximate surface area is 289 Å². The fourth-order valence-corrected chi connectivity index (χ4v) is 7.37. The molecule has 48 heavy (non-hydrogen) atoms. The van der Waals surface area contributed by atoms with E-state index in [9.17, 15) is 0 Å². The zero-order valence-electron chi connectivity index (χ0n) is 30.2. The van der Waals surface area contributed by atoms with E-state index in [2.05, 4.69) is 75.0 Å². The van der Waals surface area contributed by atoms with Gasteiger partial charge in [-0.1, -0.05) is 88.7 Å². The average Bonchev–Trinajstić information content (AvgIpc) is 3.47. The van der Waals surface area contributed by atoms with Crippen molar-refractivity contribution in [3.8, 4) is 28.3 Å². The predicted molar refractivity (Wildman–Crippen MR) is 204 cm³/mol. The third-order valence-corrected chi connectivity index (χ3v) is 12.2. The van der Waals surface area contributed by atoms with Gasteiger partial charge in [-0.05, 0) is 56.3 Å². The van der Waals surface area contributed by atoms with Gasteiger partial charge in [-0.25, -0.2) is 0 Å². The van der Waals surface area contributed by atoms with Crippen LogP contribution in [0, 0.1) is 0 Å². The van der Waals surface area contributed by atoms with Crippen LogP contribution >= 0.6 is 0 Å². The zero-order valence-corrected chi connectivity index (χ0v) is 32.2. The maximum atomic E-state index is 6.80. The summed E-state index contributed by atoms with van der Waals surface area (Å²) in [7, 11) is -2.53. The number of ether oxygens (including phenoxy) is 3. The van der Waals surface area contributed by atoms with Gasteiger partial charge in [-0.3, -0.25) is 4.98 Å². The van der Waals surface area contributed by atoms with Gasteiger partial charge in [0.05, 0.1) is 17.5 Å². The fourth-order valence-electron chi connectivity index (χ4n) is 5.85. The number of aromatic nitrogens is 4. The van der Waals surface area contributed by atoms with Crippen molar-refractivity contribution in [1.29, 1.82) is 0 Å². The Hall–Kier alpha value is -3.32. The van der Waals surface area contributed by atoms with Gasteiger partial charge >= 0.3 is 0 Å². The summed E-state index contributed by atoms with van der Waals surface area (Å²) in [6.07, 6.45) is 9.55. The minimum Gasteiger partial charge on any atom is -0.474 e. The molecule has 1 fully saturated rings. The Morgan fingerprint density at radius 2 is 1.50 bits per heavy atom. The molecule has 4 aromatic rings. The van der Waals surface area contributed by atoms with Gasteiger partial charge in [0.25, 0.3) is 0 Å². The molecule has 3 aromatic heterocycles. The normalized spacial score (nSPS) is 14.4. The quantitative estimate of drug-likeness (QED) is 0.0661. The van der Waals surface area contributed by atoms with E-state index in [0.717, 1.165) is 64.3 Å². The summed E-state index contributed by atoms with van der Waals surface area (Å²) in [5, 5.41) is 4.95. The molecule has 258 valence electrons. The van der Waals surface area contributed by atoms with Gasteiger partial charge in [-0.2, -0.15) is 14.6 Å². The number of nitrogens with zero attached hydrogens (tertiary/aromatic N) is 5. The third kappa shape index (κ3) is 9.65. The molecule has 8 nitrogen and oxygen atoms in total. The van der Waals surface area contributed by atoms with Gasteiger partial charge in [0, 0.05) is 52.2 Å². The molecular formula is C38H55N5O3Si2. The molecule has 5 rings (SSSR count). The lowest BCUT2D eigenvalue weighted by Gasteiger charge is -2.30. The van der Waals surface area contributed by atoms with Crippen molar-refractivity contribution in [2.75, 3.05) is 31.6 Å². The summed E-state index contributed by atoms with van der Waals surface area (Å²) < 4.78 is 21.5. The van der Waals surface area contributed by atoms with E-state index in [0.29, 0.717) is 38.2 Å². The summed E-state index contributed by atoms with van der Waals surface area (Å²) >= 11 is 0. The van der Waals surface area contributed by atoms with Crippen molar-refractivity contribution >= 4 is 33.2 Å². The molecule has 3 heterocycles. The third-order valence-electron chi connectivity index (χ3n) is 8.78. The maximum absolute atomic E-state index is 6.80. The Morgan fingerprint density at radius 1 is 0.854 bits per heavy atom. The van der Waals surface area contributed by atoms with Crippen LogP contribution in [0.5, 0.6) is 5.88 Å². The van der Waals surface area contributed by atoms with Crippen LogP contribution in [0.2, 0.25) is 51.4 Å². The minimum absolute atomic E-state index is 0.118. The molecule has 0 amide bonds.